The second-order valence-electron chi connectivity index (χ2n) is 7.73. The standard InChI is InChI=1S/C22H25F3N2O3S/c23-22(24,25)17-5-4-8-19(15-17)26-21(28)14-11-16-9-12-20(13-10-16)31(29,30)27-18-6-2-1-3-7-18/h4-5,8-10,12-13,15,18,27H,1-3,6-7,11,14H2,(H,26,28). The third-order valence-electron chi connectivity index (χ3n) is 5.28. The van der Waals surface area contributed by atoms with Crippen LogP contribution in [-0.2, 0) is 27.4 Å². The van der Waals surface area contributed by atoms with Crippen molar-refractivity contribution in [2.24, 2.45) is 0 Å². The highest BCUT2D eigenvalue weighted by molar-refractivity contribution is 7.89. The van der Waals surface area contributed by atoms with Gasteiger partial charge in [0.25, 0.3) is 0 Å². The Morgan fingerprint density at radius 3 is 2.32 bits per heavy atom. The molecule has 0 unspecified atom stereocenters. The third-order valence-corrected chi connectivity index (χ3v) is 6.81. The molecule has 2 N–H and O–H groups in total. The molecule has 1 fully saturated rings. The van der Waals surface area contributed by atoms with Crippen LogP contribution in [0.4, 0.5) is 18.9 Å². The minimum atomic E-state index is -4.48. The highest BCUT2D eigenvalue weighted by Gasteiger charge is 2.30. The smallest absolute Gasteiger partial charge is 0.326 e. The van der Waals surface area contributed by atoms with Gasteiger partial charge in [-0.1, -0.05) is 37.5 Å². The summed E-state index contributed by atoms with van der Waals surface area (Å²) in [6.45, 7) is 0. The molecule has 2 aromatic rings. The van der Waals surface area contributed by atoms with E-state index in [9.17, 15) is 26.4 Å². The van der Waals surface area contributed by atoms with E-state index in [2.05, 4.69) is 10.0 Å². The quantitative estimate of drug-likeness (QED) is 0.626. The molecule has 0 atom stereocenters. The maximum absolute atomic E-state index is 12.8. The van der Waals surface area contributed by atoms with Crippen LogP contribution in [0.25, 0.3) is 0 Å². The first-order valence-electron chi connectivity index (χ1n) is 10.2. The number of benzene rings is 2. The molecule has 0 spiro atoms. The van der Waals surface area contributed by atoms with Gasteiger partial charge in [-0.3, -0.25) is 4.79 Å². The molecule has 0 heterocycles. The van der Waals surface area contributed by atoms with E-state index in [0.29, 0.717) is 6.42 Å². The molecule has 2 aromatic carbocycles. The van der Waals surface area contributed by atoms with Crippen LogP contribution in [-0.4, -0.2) is 20.4 Å². The zero-order valence-electron chi connectivity index (χ0n) is 16.9. The summed E-state index contributed by atoms with van der Waals surface area (Å²) in [6.07, 6.45) is 0.784. The Labute approximate surface area is 180 Å². The van der Waals surface area contributed by atoms with Gasteiger partial charge < -0.3 is 5.32 Å². The maximum Gasteiger partial charge on any atom is 0.416 e. The summed E-state index contributed by atoms with van der Waals surface area (Å²) in [6, 6.07) is 10.7. The largest absolute Gasteiger partial charge is 0.416 e. The highest BCUT2D eigenvalue weighted by atomic mass is 32.2. The lowest BCUT2D eigenvalue weighted by Crippen LogP contribution is -2.36. The number of aryl methyl sites for hydroxylation is 1. The first-order chi connectivity index (χ1) is 14.6. The number of nitrogens with one attached hydrogen (secondary N) is 2. The zero-order chi connectivity index (χ0) is 22.5. The Morgan fingerprint density at radius 1 is 1.00 bits per heavy atom. The van der Waals surface area contributed by atoms with Gasteiger partial charge in [0.15, 0.2) is 0 Å². The average Bonchev–Trinajstić information content (AvgIpc) is 2.72. The molecule has 3 rings (SSSR count). The van der Waals surface area contributed by atoms with Crippen molar-refractivity contribution in [3.8, 4) is 0 Å². The second-order valence-corrected chi connectivity index (χ2v) is 9.44. The van der Waals surface area contributed by atoms with Gasteiger partial charge in [0.05, 0.1) is 10.5 Å². The molecule has 1 aliphatic carbocycles. The number of hydrogen-bond acceptors (Lipinski definition) is 3. The van der Waals surface area contributed by atoms with Crippen molar-refractivity contribution < 1.29 is 26.4 Å². The van der Waals surface area contributed by atoms with E-state index >= 15 is 0 Å². The Bertz CT molecular complexity index is 999. The van der Waals surface area contributed by atoms with Gasteiger partial charge in [0.1, 0.15) is 0 Å². The summed E-state index contributed by atoms with van der Waals surface area (Å²) >= 11 is 0. The van der Waals surface area contributed by atoms with E-state index in [1.165, 1.54) is 24.3 Å². The molecule has 1 saturated carbocycles. The molecule has 1 aliphatic rings. The minimum absolute atomic E-state index is 0.0297. The number of carbonyl (C=O) groups excluding carboxylic acids is 1. The predicted octanol–water partition coefficient (Wildman–Crippen LogP) is 4.89. The van der Waals surface area contributed by atoms with Crippen molar-refractivity contribution in [1.29, 1.82) is 0 Å². The molecule has 1 amide bonds. The van der Waals surface area contributed by atoms with E-state index in [4.69, 9.17) is 0 Å². The monoisotopic (exact) mass is 454 g/mol. The van der Waals surface area contributed by atoms with E-state index in [0.717, 1.165) is 49.8 Å². The zero-order valence-corrected chi connectivity index (χ0v) is 17.7. The molecule has 31 heavy (non-hydrogen) atoms. The fourth-order valence-corrected chi connectivity index (χ4v) is 4.90. The van der Waals surface area contributed by atoms with Crippen molar-refractivity contribution in [2.45, 2.75) is 62.1 Å². The lowest BCUT2D eigenvalue weighted by atomic mass is 9.96. The molecule has 0 aliphatic heterocycles. The van der Waals surface area contributed by atoms with Crippen molar-refractivity contribution in [3.05, 3.63) is 59.7 Å². The first kappa shape index (κ1) is 23.3. The van der Waals surface area contributed by atoms with Crippen LogP contribution in [0.2, 0.25) is 0 Å². The van der Waals surface area contributed by atoms with E-state index in [1.807, 2.05) is 0 Å². The lowest BCUT2D eigenvalue weighted by Gasteiger charge is -2.22. The number of carbonyl (C=O) groups is 1. The summed E-state index contributed by atoms with van der Waals surface area (Å²) in [4.78, 5) is 12.3. The van der Waals surface area contributed by atoms with E-state index in [-0.39, 0.29) is 23.0 Å². The lowest BCUT2D eigenvalue weighted by molar-refractivity contribution is -0.137. The molecule has 5 nitrogen and oxygen atoms in total. The fraction of sp³-hybridized carbons (Fsp3) is 0.409. The molecular formula is C22H25F3N2O3S. The van der Waals surface area contributed by atoms with Gasteiger partial charge in [0.2, 0.25) is 15.9 Å². The van der Waals surface area contributed by atoms with Crippen LogP contribution in [0.3, 0.4) is 0 Å². The number of sulfonamides is 1. The number of rotatable bonds is 7. The fourth-order valence-electron chi connectivity index (χ4n) is 3.60. The molecule has 9 heteroatoms. The van der Waals surface area contributed by atoms with Crippen molar-refractivity contribution in [2.75, 3.05) is 5.32 Å². The Morgan fingerprint density at radius 2 is 1.68 bits per heavy atom. The average molecular weight is 455 g/mol. The molecule has 0 saturated heterocycles. The maximum atomic E-state index is 12.8. The van der Waals surface area contributed by atoms with E-state index < -0.39 is 27.7 Å². The van der Waals surface area contributed by atoms with Gasteiger partial charge in [-0.2, -0.15) is 13.2 Å². The SMILES string of the molecule is O=C(CCc1ccc(S(=O)(=O)NC2CCCCC2)cc1)Nc1cccc(C(F)(F)F)c1. The van der Waals surface area contributed by atoms with Crippen molar-refractivity contribution in [3.63, 3.8) is 0 Å². The predicted molar refractivity (Wildman–Crippen MR) is 112 cm³/mol. The van der Waals surface area contributed by atoms with Crippen LogP contribution in [0, 0.1) is 0 Å². The first-order valence-corrected chi connectivity index (χ1v) is 11.7. The minimum Gasteiger partial charge on any atom is -0.326 e. The third kappa shape index (κ3) is 6.80. The normalized spacial score (nSPS) is 15.6. The van der Waals surface area contributed by atoms with Gasteiger partial charge in [0, 0.05) is 18.2 Å². The molecule has 168 valence electrons. The number of hydrogen-bond donors (Lipinski definition) is 2. The van der Waals surface area contributed by atoms with Crippen molar-refractivity contribution in [1.82, 2.24) is 4.72 Å². The van der Waals surface area contributed by atoms with E-state index in [1.54, 1.807) is 12.1 Å². The summed E-state index contributed by atoms with van der Waals surface area (Å²) in [5.74, 6) is -0.421. The van der Waals surface area contributed by atoms with Gasteiger partial charge in [-0.25, -0.2) is 13.1 Å². The summed E-state index contributed by atoms with van der Waals surface area (Å²) in [5.41, 5.74) is 0.00907. The second kappa shape index (κ2) is 9.82. The Hall–Kier alpha value is -2.39. The van der Waals surface area contributed by atoms with Crippen LogP contribution in [0.15, 0.2) is 53.4 Å². The topological polar surface area (TPSA) is 75.3 Å². The van der Waals surface area contributed by atoms with Gasteiger partial charge in [-0.05, 0) is 55.2 Å². The molecule has 0 bridgehead atoms. The Balaban J connectivity index is 1.53. The van der Waals surface area contributed by atoms with Crippen LogP contribution < -0.4 is 10.0 Å². The summed E-state index contributed by atoms with van der Waals surface area (Å²) < 4.78 is 66.1. The molecular weight excluding hydrogens is 429 g/mol. The van der Waals surface area contributed by atoms with Crippen LogP contribution >= 0.6 is 0 Å². The highest BCUT2D eigenvalue weighted by Crippen LogP contribution is 2.30. The number of anilines is 1. The van der Waals surface area contributed by atoms with Gasteiger partial charge >= 0.3 is 6.18 Å². The van der Waals surface area contributed by atoms with Crippen molar-refractivity contribution >= 4 is 21.6 Å². The van der Waals surface area contributed by atoms with Crippen LogP contribution in [0.1, 0.15) is 49.7 Å². The number of alkyl halides is 3. The summed E-state index contributed by atoms with van der Waals surface area (Å²) in [7, 11) is -3.59. The number of halogens is 3. The van der Waals surface area contributed by atoms with Crippen LogP contribution in [0.5, 0.6) is 0 Å². The molecule has 0 aromatic heterocycles. The van der Waals surface area contributed by atoms with Gasteiger partial charge in [-0.15, -0.1) is 0 Å². The summed E-state index contributed by atoms with van der Waals surface area (Å²) in [5, 5.41) is 2.46. The number of amides is 1. The molecule has 0 radical (unpaired) electrons. The Kier molecular flexibility index (Phi) is 7.38.